The molecule has 1 spiro atoms. The second kappa shape index (κ2) is 7.81. The molecule has 1 saturated carbocycles. The standard InChI is InChI=1S/C24H33ClF2N2O3/c1-14-10-28(11-15(2)24(14,31)20-18(26)6-16(25)7-19(20)27)17-8-23(9-17)12-29(13-23)21(30)32-22(3,4)5/h6-7,14-15,17,31H,8-13H2,1-5H3/t14-,15+,24?. The van der Waals surface area contributed by atoms with E-state index in [2.05, 4.69) is 4.90 Å². The summed E-state index contributed by atoms with van der Waals surface area (Å²) in [5.41, 5.74) is -2.22. The first kappa shape index (κ1) is 23.7. The normalized spacial score (nSPS) is 30.7. The fraction of sp³-hybridized carbons (Fsp3) is 0.708. The summed E-state index contributed by atoms with van der Waals surface area (Å²) in [5, 5.41) is 11.4. The molecule has 1 aliphatic carbocycles. The number of ether oxygens (including phenoxy) is 1. The number of rotatable bonds is 2. The molecule has 2 aliphatic heterocycles. The molecule has 5 nitrogen and oxygen atoms in total. The van der Waals surface area contributed by atoms with Gasteiger partial charge >= 0.3 is 6.09 Å². The van der Waals surface area contributed by atoms with E-state index in [0.29, 0.717) is 32.2 Å². The largest absolute Gasteiger partial charge is 0.444 e. The molecule has 3 fully saturated rings. The van der Waals surface area contributed by atoms with Crippen molar-refractivity contribution in [2.45, 2.75) is 64.7 Å². The van der Waals surface area contributed by atoms with Gasteiger partial charge in [0.1, 0.15) is 22.8 Å². The molecule has 0 aromatic heterocycles. The lowest BCUT2D eigenvalue weighted by molar-refractivity contribution is -0.158. The van der Waals surface area contributed by atoms with Gasteiger partial charge in [-0.2, -0.15) is 0 Å². The van der Waals surface area contributed by atoms with Crippen molar-refractivity contribution in [2.24, 2.45) is 17.3 Å². The number of aliphatic hydroxyl groups is 1. The maximum Gasteiger partial charge on any atom is 0.410 e. The van der Waals surface area contributed by atoms with E-state index in [1.165, 1.54) is 0 Å². The number of likely N-dealkylation sites (tertiary alicyclic amines) is 2. The van der Waals surface area contributed by atoms with Crippen molar-refractivity contribution in [1.29, 1.82) is 0 Å². The second-order valence-corrected chi connectivity index (χ2v) is 11.7. The van der Waals surface area contributed by atoms with E-state index in [9.17, 15) is 18.7 Å². The number of nitrogens with zero attached hydrogens (tertiary/aromatic N) is 2. The molecule has 3 atom stereocenters. The summed E-state index contributed by atoms with van der Waals surface area (Å²) in [6.45, 7) is 11.8. The Bertz CT molecular complexity index is 870. The number of benzene rings is 1. The number of hydrogen-bond donors (Lipinski definition) is 1. The third-order valence-electron chi connectivity index (χ3n) is 7.48. The van der Waals surface area contributed by atoms with Crippen molar-refractivity contribution in [1.82, 2.24) is 9.80 Å². The van der Waals surface area contributed by atoms with E-state index in [1.807, 2.05) is 34.6 Å². The molecule has 4 rings (SSSR count). The van der Waals surface area contributed by atoms with Crippen molar-refractivity contribution in [3.05, 3.63) is 34.4 Å². The van der Waals surface area contributed by atoms with E-state index in [-0.39, 0.29) is 33.9 Å². The van der Waals surface area contributed by atoms with Crippen LogP contribution in [-0.4, -0.2) is 58.8 Å². The molecular formula is C24H33ClF2N2O3. The van der Waals surface area contributed by atoms with Crippen LogP contribution in [0.5, 0.6) is 0 Å². The molecule has 178 valence electrons. The number of piperidine rings is 1. The Balaban J connectivity index is 1.38. The maximum atomic E-state index is 14.6. The van der Waals surface area contributed by atoms with Crippen LogP contribution >= 0.6 is 11.6 Å². The van der Waals surface area contributed by atoms with Crippen LogP contribution in [0.3, 0.4) is 0 Å². The van der Waals surface area contributed by atoms with Gasteiger partial charge in [0, 0.05) is 54.5 Å². The Kier molecular flexibility index (Phi) is 5.79. The zero-order chi connectivity index (χ0) is 23.6. The van der Waals surface area contributed by atoms with Crippen LogP contribution in [0.2, 0.25) is 5.02 Å². The van der Waals surface area contributed by atoms with Gasteiger partial charge in [0.05, 0.1) is 5.56 Å². The quantitative estimate of drug-likeness (QED) is 0.675. The van der Waals surface area contributed by atoms with Gasteiger partial charge in [-0.05, 0) is 45.7 Å². The third kappa shape index (κ3) is 4.01. The van der Waals surface area contributed by atoms with Crippen LogP contribution in [-0.2, 0) is 10.3 Å². The van der Waals surface area contributed by atoms with E-state index in [0.717, 1.165) is 25.0 Å². The van der Waals surface area contributed by atoms with Crippen LogP contribution in [0.15, 0.2) is 12.1 Å². The van der Waals surface area contributed by atoms with Crippen LogP contribution in [0.1, 0.15) is 53.0 Å². The molecule has 1 aromatic rings. The molecule has 1 aromatic carbocycles. The minimum atomic E-state index is -1.60. The summed E-state index contributed by atoms with van der Waals surface area (Å²) >= 11 is 5.78. The van der Waals surface area contributed by atoms with Crippen molar-refractivity contribution < 1.29 is 23.4 Å². The Hall–Kier alpha value is -1.44. The first-order chi connectivity index (χ1) is 14.7. The second-order valence-electron chi connectivity index (χ2n) is 11.2. The molecule has 1 unspecified atom stereocenters. The van der Waals surface area contributed by atoms with Gasteiger partial charge in [-0.3, -0.25) is 4.90 Å². The predicted molar refractivity (Wildman–Crippen MR) is 118 cm³/mol. The summed E-state index contributed by atoms with van der Waals surface area (Å²) < 4.78 is 34.7. The highest BCUT2D eigenvalue weighted by Gasteiger charge is 2.58. The molecule has 0 bridgehead atoms. The lowest BCUT2D eigenvalue weighted by Gasteiger charge is -2.62. The van der Waals surface area contributed by atoms with E-state index >= 15 is 0 Å². The van der Waals surface area contributed by atoms with Crippen molar-refractivity contribution >= 4 is 17.7 Å². The lowest BCUT2D eigenvalue weighted by atomic mass is 9.59. The molecular weight excluding hydrogens is 438 g/mol. The number of carbonyl (C=O) groups is 1. The van der Waals surface area contributed by atoms with Gasteiger partial charge in [-0.1, -0.05) is 25.4 Å². The first-order valence-electron chi connectivity index (χ1n) is 11.3. The summed E-state index contributed by atoms with van der Waals surface area (Å²) in [7, 11) is 0. The van der Waals surface area contributed by atoms with Crippen LogP contribution in [0, 0.1) is 28.9 Å². The SMILES string of the molecule is C[C@@H]1CN(C2CC3(C2)CN(C(=O)OC(C)(C)C)C3)C[C@H](C)C1(O)c1c(F)cc(Cl)cc1F. The highest BCUT2D eigenvalue weighted by atomic mass is 35.5. The monoisotopic (exact) mass is 470 g/mol. The van der Waals surface area contributed by atoms with E-state index in [1.54, 1.807) is 4.90 Å². The summed E-state index contributed by atoms with van der Waals surface area (Å²) in [4.78, 5) is 16.3. The topological polar surface area (TPSA) is 53.0 Å². The summed E-state index contributed by atoms with van der Waals surface area (Å²) in [5.74, 6) is -2.31. The lowest BCUT2D eigenvalue weighted by Crippen LogP contribution is -2.69. The molecule has 32 heavy (non-hydrogen) atoms. The van der Waals surface area contributed by atoms with Gasteiger partial charge < -0.3 is 14.7 Å². The molecule has 1 N–H and O–H groups in total. The van der Waals surface area contributed by atoms with Gasteiger partial charge in [-0.25, -0.2) is 13.6 Å². The number of amides is 1. The Labute approximate surface area is 193 Å². The predicted octanol–water partition coefficient (Wildman–Crippen LogP) is 4.79. The van der Waals surface area contributed by atoms with Crippen LogP contribution in [0.4, 0.5) is 13.6 Å². The Morgan fingerprint density at radius 2 is 1.62 bits per heavy atom. The van der Waals surface area contributed by atoms with Crippen molar-refractivity contribution in [3.8, 4) is 0 Å². The fourth-order valence-electron chi connectivity index (χ4n) is 5.93. The minimum absolute atomic E-state index is 0.0224. The van der Waals surface area contributed by atoms with Crippen LogP contribution < -0.4 is 0 Å². The minimum Gasteiger partial charge on any atom is -0.444 e. The van der Waals surface area contributed by atoms with Crippen molar-refractivity contribution in [2.75, 3.05) is 26.2 Å². The summed E-state index contributed by atoms with van der Waals surface area (Å²) in [6, 6.07) is 2.48. The number of hydrogen-bond acceptors (Lipinski definition) is 4. The van der Waals surface area contributed by atoms with E-state index < -0.39 is 22.8 Å². The first-order valence-corrected chi connectivity index (χ1v) is 11.7. The third-order valence-corrected chi connectivity index (χ3v) is 7.70. The highest BCUT2D eigenvalue weighted by molar-refractivity contribution is 6.30. The zero-order valence-corrected chi connectivity index (χ0v) is 20.2. The van der Waals surface area contributed by atoms with Crippen LogP contribution in [0.25, 0.3) is 0 Å². The molecule has 2 heterocycles. The van der Waals surface area contributed by atoms with Gasteiger partial charge in [0.15, 0.2) is 0 Å². The number of carbonyl (C=O) groups excluding carboxylic acids is 1. The molecule has 1 amide bonds. The Morgan fingerprint density at radius 1 is 1.12 bits per heavy atom. The van der Waals surface area contributed by atoms with Gasteiger partial charge in [-0.15, -0.1) is 0 Å². The van der Waals surface area contributed by atoms with E-state index in [4.69, 9.17) is 16.3 Å². The van der Waals surface area contributed by atoms with Crippen molar-refractivity contribution in [3.63, 3.8) is 0 Å². The number of halogens is 3. The fourth-order valence-corrected chi connectivity index (χ4v) is 6.12. The average molecular weight is 471 g/mol. The molecule has 3 aliphatic rings. The van der Waals surface area contributed by atoms with Gasteiger partial charge in [0.2, 0.25) is 0 Å². The molecule has 0 radical (unpaired) electrons. The highest BCUT2D eigenvalue weighted by Crippen LogP contribution is 2.53. The maximum absolute atomic E-state index is 14.6. The molecule has 2 saturated heterocycles. The average Bonchev–Trinajstić information content (AvgIpc) is 2.54. The summed E-state index contributed by atoms with van der Waals surface area (Å²) in [6.07, 6.45) is 1.70. The molecule has 8 heteroatoms. The van der Waals surface area contributed by atoms with Gasteiger partial charge in [0.25, 0.3) is 0 Å². The zero-order valence-electron chi connectivity index (χ0n) is 19.4. The smallest absolute Gasteiger partial charge is 0.410 e. The Morgan fingerprint density at radius 3 is 2.09 bits per heavy atom.